The number of primary amides is 1. The van der Waals surface area contributed by atoms with E-state index in [1.807, 2.05) is 25.1 Å². The average Bonchev–Trinajstić information content (AvgIpc) is 2.35. The number of ether oxygens (including phenoxy) is 1. The summed E-state index contributed by atoms with van der Waals surface area (Å²) in [4.78, 5) is 19.6. The van der Waals surface area contributed by atoms with Crippen LogP contribution < -0.4 is 5.73 Å². The topological polar surface area (TPSA) is 78.1 Å². The number of hydrogen-bond donors (Lipinski definition) is 1. The van der Waals surface area contributed by atoms with Gasteiger partial charge in [0.25, 0.3) is 5.91 Å². The van der Waals surface area contributed by atoms with E-state index in [0.717, 1.165) is 22.2 Å². The molecular formula is C13H15N3O2. The van der Waals surface area contributed by atoms with Crippen LogP contribution in [0.1, 0.15) is 21.9 Å². The number of aryl methyl sites for hydroxylation is 1. The van der Waals surface area contributed by atoms with Crippen molar-refractivity contribution in [1.29, 1.82) is 0 Å². The molecule has 0 radical (unpaired) electrons. The van der Waals surface area contributed by atoms with Crippen molar-refractivity contribution in [3.63, 3.8) is 0 Å². The van der Waals surface area contributed by atoms with Crippen molar-refractivity contribution < 1.29 is 9.53 Å². The summed E-state index contributed by atoms with van der Waals surface area (Å²) in [5, 5.41) is 0.942. The Labute approximate surface area is 105 Å². The van der Waals surface area contributed by atoms with Gasteiger partial charge in [-0.3, -0.25) is 4.79 Å². The number of methoxy groups -OCH3 is 1. The van der Waals surface area contributed by atoms with Crippen molar-refractivity contribution in [3.05, 3.63) is 35.3 Å². The molecule has 0 saturated carbocycles. The first-order valence-electron chi connectivity index (χ1n) is 5.68. The Morgan fingerprint density at radius 2 is 2.17 bits per heavy atom. The minimum absolute atomic E-state index is 0.0532. The maximum Gasteiger partial charge on any atom is 0.286 e. The summed E-state index contributed by atoms with van der Waals surface area (Å²) in [5.41, 5.74) is 7.88. The first-order chi connectivity index (χ1) is 8.61. The predicted octanol–water partition coefficient (Wildman–Crippen LogP) is 1.23. The molecule has 2 aromatic rings. The minimum Gasteiger partial charge on any atom is -0.384 e. The lowest BCUT2D eigenvalue weighted by Gasteiger charge is -2.07. The lowest BCUT2D eigenvalue weighted by atomic mass is 10.1. The third-order valence-corrected chi connectivity index (χ3v) is 2.69. The summed E-state index contributed by atoms with van der Waals surface area (Å²) in [6, 6.07) is 5.82. The van der Waals surface area contributed by atoms with Crippen molar-refractivity contribution in [2.24, 2.45) is 5.73 Å². The second-order valence-electron chi connectivity index (χ2n) is 4.12. The first kappa shape index (κ1) is 12.4. The lowest BCUT2D eigenvalue weighted by molar-refractivity contribution is 0.0990. The largest absolute Gasteiger partial charge is 0.384 e. The van der Waals surface area contributed by atoms with Gasteiger partial charge in [-0.05, 0) is 19.1 Å². The van der Waals surface area contributed by atoms with E-state index in [-0.39, 0.29) is 5.82 Å². The van der Waals surface area contributed by atoms with Crippen LogP contribution in [-0.2, 0) is 11.2 Å². The van der Waals surface area contributed by atoms with Crippen LogP contribution in [0.2, 0.25) is 0 Å². The van der Waals surface area contributed by atoms with Crippen molar-refractivity contribution in [3.8, 4) is 0 Å². The Morgan fingerprint density at radius 1 is 1.39 bits per heavy atom. The number of nitrogens with two attached hydrogens (primary N) is 1. The van der Waals surface area contributed by atoms with Gasteiger partial charge >= 0.3 is 0 Å². The van der Waals surface area contributed by atoms with Gasteiger partial charge in [0, 0.05) is 18.9 Å². The molecule has 1 heterocycles. The molecule has 0 unspecified atom stereocenters. The smallest absolute Gasteiger partial charge is 0.286 e. The van der Waals surface area contributed by atoms with Crippen LogP contribution in [0, 0.1) is 6.92 Å². The number of rotatable bonds is 4. The van der Waals surface area contributed by atoms with Crippen molar-refractivity contribution in [2.45, 2.75) is 13.3 Å². The molecule has 0 aliphatic heterocycles. The number of benzene rings is 1. The summed E-state index contributed by atoms with van der Waals surface area (Å²) < 4.78 is 5.05. The van der Waals surface area contributed by atoms with E-state index < -0.39 is 5.91 Å². The van der Waals surface area contributed by atoms with Gasteiger partial charge in [-0.2, -0.15) is 0 Å². The zero-order valence-corrected chi connectivity index (χ0v) is 10.4. The molecular weight excluding hydrogens is 230 g/mol. The molecule has 0 spiro atoms. The fourth-order valence-corrected chi connectivity index (χ4v) is 1.81. The Morgan fingerprint density at radius 3 is 2.83 bits per heavy atom. The zero-order valence-electron chi connectivity index (χ0n) is 10.4. The quantitative estimate of drug-likeness (QED) is 0.878. The van der Waals surface area contributed by atoms with Gasteiger partial charge in [0.2, 0.25) is 5.82 Å². The summed E-state index contributed by atoms with van der Waals surface area (Å²) in [7, 11) is 1.63. The van der Waals surface area contributed by atoms with Gasteiger partial charge in [-0.15, -0.1) is 0 Å². The molecule has 0 saturated heterocycles. The number of amides is 1. The van der Waals surface area contributed by atoms with Gasteiger partial charge in [-0.25, -0.2) is 9.97 Å². The molecule has 1 aromatic carbocycles. The molecule has 0 bridgehead atoms. The molecule has 2 N–H and O–H groups in total. The Kier molecular flexibility index (Phi) is 3.53. The first-order valence-corrected chi connectivity index (χ1v) is 5.68. The van der Waals surface area contributed by atoms with E-state index in [4.69, 9.17) is 10.5 Å². The third kappa shape index (κ3) is 2.46. The molecule has 5 nitrogen and oxygen atoms in total. The number of aromatic nitrogens is 2. The highest BCUT2D eigenvalue weighted by Gasteiger charge is 2.11. The van der Waals surface area contributed by atoms with E-state index in [1.54, 1.807) is 7.11 Å². The fourth-order valence-electron chi connectivity index (χ4n) is 1.81. The average molecular weight is 245 g/mol. The number of nitrogens with zero attached hydrogens (tertiary/aromatic N) is 2. The molecule has 94 valence electrons. The normalized spacial score (nSPS) is 10.8. The van der Waals surface area contributed by atoms with Crippen LogP contribution in [0.25, 0.3) is 10.9 Å². The van der Waals surface area contributed by atoms with E-state index >= 15 is 0 Å². The molecule has 2 rings (SSSR count). The Bertz CT molecular complexity index is 596. The Hall–Kier alpha value is -2.01. The number of carbonyl (C=O) groups is 1. The Balaban J connectivity index is 2.61. The molecule has 1 aromatic heterocycles. The van der Waals surface area contributed by atoms with Crippen LogP contribution in [0.5, 0.6) is 0 Å². The highest BCUT2D eigenvalue weighted by Crippen LogP contribution is 2.18. The fraction of sp³-hybridized carbons (Fsp3) is 0.308. The summed E-state index contributed by atoms with van der Waals surface area (Å²) in [5.74, 6) is -0.561. The van der Waals surface area contributed by atoms with Gasteiger partial charge in [-0.1, -0.05) is 11.6 Å². The van der Waals surface area contributed by atoms with Crippen molar-refractivity contribution in [2.75, 3.05) is 13.7 Å². The predicted molar refractivity (Wildman–Crippen MR) is 68.4 cm³/mol. The maximum absolute atomic E-state index is 11.2. The van der Waals surface area contributed by atoms with Gasteiger partial charge in [0.1, 0.15) is 0 Å². The molecule has 0 aliphatic carbocycles. The number of fused-ring (bicyclic) bond motifs is 1. The monoisotopic (exact) mass is 245 g/mol. The zero-order chi connectivity index (χ0) is 13.1. The van der Waals surface area contributed by atoms with Crippen LogP contribution in [-0.4, -0.2) is 29.6 Å². The third-order valence-electron chi connectivity index (χ3n) is 2.69. The molecule has 0 atom stereocenters. The maximum atomic E-state index is 11.2. The molecule has 0 fully saturated rings. The van der Waals surface area contributed by atoms with Gasteiger partial charge in [0.05, 0.1) is 17.8 Å². The van der Waals surface area contributed by atoms with Gasteiger partial charge < -0.3 is 10.5 Å². The minimum atomic E-state index is -0.615. The molecule has 18 heavy (non-hydrogen) atoms. The standard InChI is InChI=1S/C13H15N3O2/c1-8-3-4-10-9(7-8)11(5-6-18-2)16-13(15-10)12(14)17/h3-4,7H,5-6H2,1-2H3,(H2,14,17). The van der Waals surface area contributed by atoms with Crippen LogP contribution in [0.4, 0.5) is 0 Å². The van der Waals surface area contributed by atoms with Crippen LogP contribution in [0.3, 0.4) is 0 Å². The molecule has 5 heteroatoms. The van der Waals surface area contributed by atoms with E-state index in [2.05, 4.69) is 9.97 Å². The summed E-state index contributed by atoms with van der Waals surface area (Å²) in [6.07, 6.45) is 0.624. The highest BCUT2D eigenvalue weighted by molar-refractivity contribution is 5.92. The van der Waals surface area contributed by atoms with E-state index in [9.17, 15) is 4.79 Å². The second kappa shape index (κ2) is 5.10. The highest BCUT2D eigenvalue weighted by atomic mass is 16.5. The van der Waals surface area contributed by atoms with Crippen molar-refractivity contribution in [1.82, 2.24) is 9.97 Å². The summed E-state index contributed by atoms with van der Waals surface area (Å²) in [6.45, 7) is 2.54. The van der Waals surface area contributed by atoms with Crippen LogP contribution in [0.15, 0.2) is 18.2 Å². The second-order valence-corrected chi connectivity index (χ2v) is 4.12. The van der Waals surface area contributed by atoms with E-state index in [1.165, 1.54) is 0 Å². The number of hydrogen-bond acceptors (Lipinski definition) is 4. The number of carbonyl (C=O) groups excluding carboxylic acids is 1. The van der Waals surface area contributed by atoms with Gasteiger partial charge in [0.15, 0.2) is 0 Å². The molecule has 0 aliphatic rings. The SMILES string of the molecule is COCCc1nc(C(N)=O)nc2ccc(C)cc12. The van der Waals surface area contributed by atoms with Crippen LogP contribution >= 0.6 is 0 Å². The van der Waals surface area contributed by atoms with Crippen molar-refractivity contribution >= 4 is 16.8 Å². The molecule has 1 amide bonds. The summed E-state index contributed by atoms with van der Waals surface area (Å²) >= 11 is 0. The van der Waals surface area contributed by atoms with E-state index in [0.29, 0.717) is 13.0 Å². The lowest BCUT2D eigenvalue weighted by Crippen LogP contribution is -2.17.